The van der Waals surface area contributed by atoms with Gasteiger partial charge < -0.3 is 0 Å². The van der Waals surface area contributed by atoms with Gasteiger partial charge in [0, 0.05) is 4.88 Å². The summed E-state index contributed by atoms with van der Waals surface area (Å²) in [7, 11) is 0. The maximum absolute atomic E-state index is 6.85. The molecule has 2 rings (SSSR count). The molecule has 62 valence electrons. The lowest BCUT2D eigenvalue weighted by atomic mass is 10.2. The van der Waals surface area contributed by atoms with Gasteiger partial charge >= 0.3 is 0 Å². The van der Waals surface area contributed by atoms with Crippen LogP contribution in [0.1, 0.15) is 0 Å². The van der Waals surface area contributed by atoms with Crippen LogP contribution < -0.4 is 0 Å². The highest BCUT2D eigenvalue weighted by Crippen LogP contribution is 2.32. The maximum Gasteiger partial charge on any atom is 0.241 e. The van der Waals surface area contributed by atoms with Gasteiger partial charge in [0.05, 0.1) is 6.57 Å². The minimum Gasteiger partial charge on any atom is -0.227 e. The Bertz CT molecular complexity index is 437. The SMILES string of the molecule is [C-]#[N+]c1ccc(-c2ccccc2)s1. The quantitative estimate of drug-likeness (QED) is 0.592. The molecule has 13 heavy (non-hydrogen) atoms. The molecule has 0 saturated heterocycles. The fourth-order valence-corrected chi connectivity index (χ4v) is 1.94. The van der Waals surface area contributed by atoms with E-state index in [0.29, 0.717) is 0 Å². The van der Waals surface area contributed by atoms with Crippen LogP contribution in [0.15, 0.2) is 42.5 Å². The van der Waals surface area contributed by atoms with Crippen molar-refractivity contribution in [3.63, 3.8) is 0 Å². The fraction of sp³-hybridized carbons (Fsp3) is 0. The summed E-state index contributed by atoms with van der Waals surface area (Å²) in [5.41, 5.74) is 1.18. The highest BCUT2D eigenvalue weighted by Gasteiger charge is 2.00. The highest BCUT2D eigenvalue weighted by atomic mass is 32.1. The van der Waals surface area contributed by atoms with Gasteiger partial charge in [-0.1, -0.05) is 36.4 Å². The number of thiophene rings is 1. The fourth-order valence-electron chi connectivity index (χ4n) is 1.15. The second-order valence-electron chi connectivity index (χ2n) is 2.62. The average molecular weight is 185 g/mol. The first-order valence-electron chi connectivity index (χ1n) is 3.93. The van der Waals surface area contributed by atoms with Gasteiger partial charge in [0.2, 0.25) is 5.00 Å². The Morgan fingerprint density at radius 3 is 2.38 bits per heavy atom. The van der Waals surface area contributed by atoms with Crippen molar-refractivity contribution in [2.75, 3.05) is 0 Å². The van der Waals surface area contributed by atoms with Gasteiger partial charge in [0.15, 0.2) is 0 Å². The molecule has 1 aromatic heterocycles. The van der Waals surface area contributed by atoms with Gasteiger partial charge in [-0.3, -0.25) is 0 Å². The smallest absolute Gasteiger partial charge is 0.227 e. The van der Waals surface area contributed by atoms with Crippen molar-refractivity contribution >= 4 is 16.3 Å². The number of hydrogen-bond donors (Lipinski definition) is 0. The third kappa shape index (κ3) is 1.61. The van der Waals surface area contributed by atoms with Gasteiger partial charge in [-0.15, -0.1) is 0 Å². The first-order valence-corrected chi connectivity index (χ1v) is 4.74. The van der Waals surface area contributed by atoms with E-state index < -0.39 is 0 Å². The largest absolute Gasteiger partial charge is 0.241 e. The summed E-state index contributed by atoms with van der Waals surface area (Å²) in [6, 6.07) is 14.0. The van der Waals surface area contributed by atoms with Crippen LogP contribution in [0.3, 0.4) is 0 Å². The normalized spacial score (nSPS) is 9.46. The number of rotatable bonds is 1. The number of hydrogen-bond acceptors (Lipinski definition) is 1. The van der Waals surface area contributed by atoms with E-state index in [1.165, 1.54) is 16.9 Å². The zero-order valence-electron chi connectivity index (χ0n) is 6.90. The molecular weight excluding hydrogens is 178 g/mol. The minimum absolute atomic E-state index is 0.749. The van der Waals surface area contributed by atoms with Crippen LogP contribution >= 0.6 is 11.3 Å². The van der Waals surface area contributed by atoms with E-state index in [0.717, 1.165) is 9.88 Å². The van der Waals surface area contributed by atoms with Crippen LogP contribution in [-0.4, -0.2) is 0 Å². The van der Waals surface area contributed by atoms with Gasteiger partial charge in [-0.25, -0.2) is 4.85 Å². The Morgan fingerprint density at radius 2 is 1.77 bits per heavy atom. The van der Waals surface area contributed by atoms with E-state index >= 15 is 0 Å². The summed E-state index contributed by atoms with van der Waals surface area (Å²) in [6.45, 7) is 6.85. The Balaban J connectivity index is 2.43. The number of nitrogens with zero attached hydrogens (tertiary/aromatic N) is 1. The maximum atomic E-state index is 6.85. The molecule has 1 heterocycles. The predicted octanol–water partition coefficient (Wildman–Crippen LogP) is 3.97. The van der Waals surface area contributed by atoms with E-state index in [2.05, 4.69) is 17.0 Å². The third-order valence-electron chi connectivity index (χ3n) is 1.76. The van der Waals surface area contributed by atoms with E-state index in [4.69, 9.17) is 6.57 Å². The van der Waals surface area contributed by atoms with E-state index in [1.54, 1.807) is 0 Å². The van der Waals surface area contributed by atoms with Crippen LogP contribution in [0.5, 0.6) is 0 Å². The Kier molecular flexibility index (Phi) is 2.11. The molecule has 0 saturated carbocycles. The van der Waals surface area contributed by atoms with Crippen molar-refractivity contribution in [1.82, 2.24) is 0 Å². The van der Waals surface area contributed by atoms with Crippen molar-refractivity contribution in [2.45, 2.75) is 0 Å². The molecule has 0 N–H and O–H groups in total. The van der Waals surface area contributed by atoms with Crippen molar-refractivity contribution in [3.8, 4) is 10.4 Å². The zero-order valence-corrected chi connectivity index (χ0v) is 7.71. The molecule has 1 nitrogen and oxygen atoms in total. The van der Waals surface area contributed by atoms with Crippen LogP contribution in [0.4, 0.5) is 5.00 Å². The first kappa shape index (κ1) is 8.03. The molecule has 1 aromatic carbocycles. The van der Waals surface area contributed by atoms with Crippen LogP contribution in [0.2, 0.25) is 0 Å². The Hall–Kier alpha value is -1.59. The number of benzene rings is 1. The molecule has 0 amide bonds. The third-order valence-corrected chi connectivity index (χ3v) is 2.79. The van der Waals surface area contributed by atoms with Crippen LogP contribution in [0, 0.1) is 6.57 Å². The van der Waals surface area contributed by atoms with Crippen molar-refractivity contribution in [2.24, 2.45) is 0 Å². The van der Waals surface area contributed by atoms with Crippen molar-refractivity contribution in [3.05, 3.63) is 53.9 Å². The molecular formula is C11H7NS. The summed E-state index contributed by atoms with van der Waals surface area (Å²) >= 11 is 1.53. The van der Waals surface area contributed by atoms with Gasteiger partial charge in [0.25, 0.3) is 0 Å². The minimum atomic E-state index is 0.749. The molecule has 0 spiro atoms. The summed E-state index contributed by atoms with van der Waals surface area (Å²) < 4.78 is 0. The van der Waals surface area contributed by atoms with E-state index in [9.17, 15) is 0 Å². The average Bonchev–Trinajstić information content (AvgIpc) is 2.67. The van der Waals surface area contributed by atoms with Crippen molar-refractivity contribution < 1.29 is 0 Å². The van der Waals surface area contributed by atoms with Gasteiger partial charge in [0.1, 0.15) is 0 Å². The molecule has 0 bridgehead atoms. The lowest BCUT2D eigenvalue weighted by molar-refractivity contribution is 1.70. The van der Waals surface area contributed by atoms with Crippen LogP contribution in [0.25, 0.3) is 15.3 Å². The molecule has 0 unspecified atom stereocenters. The standard InChI is InChI=1S/C11H7NS/c1-12-11-8-7-10(13-11)9-5-3-2-4-6-9/h2-8H. The summed E-state index contributed by atoms with van der Waals surface area (Å²) in [6.07, 6.45) is 0. The zero-order chi connectivity index (χ0) is 9.10. The molecule has 0 fully saturated rings. The van der Waals surface area contributed by atoms with Gasteiger partial charge in [-0.2, -0.15) is 11.3 Å². The molecule has 2 aromatic rings. The van der Waals surface area contributed by atoms with E-state index in [-0.39, 0.29) is 0 Å². The summed E-state index contributed by atoms with van der Waals surface area (Å²) in [4.78, 5) is 4.54. The molecule has 2 heteroatoms. The predicted molar refractivity (Wildman–Crippen MR) is 56.0 cm³/mol. The Labute approximate surface area is 81.1 Å². The lowest BCUT2D eigenvalue weighted by Gasteiger charge is -1.94. The first-order chi connectivity index (χ1) is 6.40. The summed E-state index contributed by atoms with van der Waals surface area (Å²) in [5, 5.41) is 0.749. The second kappa shape index (κ2) is 3.42. The topological polar surface area (TPSA) is 4.36 Å². The molecule has 0 atom stereocenters. The Morgan fingerprint density at radius 1 is 1.00 bits per heavy atom. The monoisotopic (exact) mass is 185 g/mol. The summed E-state index contributed by atoms with van der Waals surface area (Å²) in [5.74, 6) is 0. The van der Waals surface area contributed by atoms with Crippen molar-refractivity contribution in [1.29, 1.82) is 0 Å². The van der Waals surface area contributed by atoms with E-state index in [1.807, 2.05) is 30.3 Å². The molecule has 0 aliphatic carbocycles. The molecule has 0 radical (unpaired) electrons. The molecule has 0 aliphatic heterocycles. The lowest BCUT2D eigenvalue weighted by Crippen LogP contribution is -1.67. The highest BCUT2D eigenvalue weighted by molar-refractivity contribution is 7.19. The second-order valence-corrected chi connectivity index (χ2v) is 3.68. The van der Waals surface area contributed by atoms with Crippen LogP contribution in [-0.2, 0) is 0 Å². The molecule has 0 aliphatic rings. The van der Waals surface area contributed by atoms with Gasteiger partial charge in [-0.05, 0) is 11.6 Å².